The summed E-state index contributed by atoms with van der Waals surface area (Å²) in [6.07, 6.45) is 1.53. The fourth-order valence-corrected chi connectivity index (χ4v) is 2.38. The smallest absolute Gasteiger partial charge is 0.127 e. The van der Waals surface area contributed by atoms with Gasteiger partial charge in [0, 0.05) is 15.7 Å². The Morgan fingerprint density at radius 3 is 2.52 bits per heavy atom. The van der Waals surface area contributed by atoms with Crippen LogP contribution >= 0.6 is 22.6 Å². The standard InChI is InChI=1S/C17H19FINO/c1-2-16(20)8-13-7-14(18)10-17(9-13)21-11-12-3-5-15(19)6-4-12/h3-7,9-10,16H,2,8,11,20H2,1H3. The lowest BCUT2D eigenvalue weighted by Crippen LogP contribution is -2.21. The molecule has 1 unspecified atom stereocenters. The van der Waals surface area contributed by atoms with Crippen LogP contribution in [0.4, 0.5) is 4.39 Å². The highest BCUT2D eigenvalue weighted by atomic mass is 127. The third-order valence-corrected chi connectivity index (χ3v) is 3.99. The van der Waals surface area contributed by atoms with Gasteiger partial charge in [0.25, 0.3) is 0 Å². The summed E-state index contributed by atoms with van der Waals surface area (Å²) in [6, 6.07) is 12.9. The molecule has 112 valence electrons. The second-order valence-corrected chi connectivity index (χ2v) is 6.33. The van der Waals surface area contributed by atoms with Crippen LogP contribution in [-0.4, -0.2) is 6.04 Å². The van der Waals surface area contributed by atoms with Crippen molar-refractivity contribution in [2.75, 3.05) is 0 Å². The molecule has 0 saturated heterocycles. The summed E-state index contributed by atoms with van der Waals surface area (Å²) >= 11 is 2.26. The molecule has 0 aromatic heterocycles. The molecule has 21 heavy (non-hydrogen) atoms. The molecule has 0 fully saturated rings. The van der Waals surface area contributed by atoms with E-state index < -0.39 is 0 Å². The Kier molecular flexibility index (Phi) is 5.99. The predicted octanol–water partition coefficient (Wildman–Crippen LogP) is 4.29. The molecule has 0 amide bonds. The lowest BCUT2D eigenvalue weighted by Gasteiger charge is -2.12. The van der Waals surface area contributed by atoms with Gasteiger partial charge in [0.2, 0.25) is 0 Å². The van der Waals surface area contributed by atoms with Gasteiger partial charge in [-0.25, -0.2) is 4.39 Å². The zero-order valence-corrected chi connectivity index (χ0v) is 14.1. The molecular weight excluding hydrogens is 380 g/mol. The highest BCUT2D eigenvalue weighted by molar-refractivity contribution is 14.1. The van der Waals surface area contributed by atoms with E-state index in [1.807, 2.05) is 37.3 Å². The minimum absolute atomic E-state index is 0.0517. The first-order valence-electron chi connectivity index (χ1n) is 6.99. The van der Waals surface area contributed by atoms with E-state index in [9.17, 15) is 4.39 Å². The van der Waals surface area contributed by atoms with Crippen molar-refractivity contribution in [3.05, 3.63) is 63.0 Å². The van der Waals surface area contributed by atoms with Crippen LogP contribution in [0.3, 0.4) is 0 Å². The van der Waals surface area contributed by atoms with Gasteiger partial charge in [-0.05, 0) is 70.8 Å². The third kappa shape index (κ3) is 5.28. The maximum absolute atomic E-state index is 13.6. The SMILES string of the molecule is CCC(N)Cc1cc(F)cc(OCc2ccc(I)cc2)c1. The van der Waals surface area contributed by atoms with Gasteiger partial charge in [-0.15, -0.1) is 0 Å². The molecule has 2 aromatic carbocycles. The average molecular weight is 399 g/mol. The van der Waals surface area contributed by atoms with Gasteiger partial charge in [-0.1, -0.05) is 19.1 Å². The van der Waals surface area contributed by atoms with E-state index in [0.717, 1.165) is 17.5 Å². The van der Waals surface area contributed by atoms with Crippen LogP contribution in [0.2, 0.25) is 0 Å². The second-order valence-electron chi connectivity index (χ2n) is 5.08. The number of benzene rings is 2. The molecule has 2 nitrogen and oxygen atoms in total. The van der Waals surface area contributed by atoms with E-state index >= 15 is 0 Å². The number of halogens is 2. The molecule has 2 rings (SSSR count). The highest BCUT2D eigenvalue weighted by Crippen LogP contribution is 2.19. The van der Waals surface area contributed by atoms with Gasteiger partial charge in [0.1, 0.15) is 18.2 Å². The van der Waals surface area contributed by atoms with Gasteiger partial charge < -0.3 is 10.5 Å². The predicted molar refractivity (Wildman–Crippen MR) is 91.9 cm³/mol. The van der Waals surface area contributed by atoms with Gasteiger partial charge in [0.05, 0.1) is 0 Å². The molecule has 2 N–H and O–H groups in total. The summed E-state index contributed by atoms with van der Waals surface area (Å²) in [5, 5.41) is 0. The van der Waals surface area contributed by atoms with Crippen molar-refractivity contribution in [2.24, 2.45) is 5.73 Å². The third-order valence-electron chi connectivity index (χ3n) is 3.27. The Bertz CT molecular complexity index is 586. The number of ether oxygens (including phenoxy) is 1. The molecule has 0 heterocycles. The zero-order chi connectivity index (χ0) is 15.2. The lowest BCUT2D eigenvalue weighted by molar-refractivity contribution is 0.304. The highest BCUT2D eigenvalue weighted by Gasteiger charge is 2.06. The van der Waals surface area contributed by atoms with E-state index in [-0.39, 0.29) is 11.9 Å². The van der Waals surface area contributed by atoms with Gasteiger partial charge in [0.15, 0.2) is 0 Å². The molecule has 0 aliphatic carbocycles. The second kappa shape index (κ2) is 7.75. The van der Waals surface area contributed by atoms with Crippen molar-refractivity contribution >= 4 is 22.6 Å². The molecule has 0 aliphatic heterocycles. The molecule has 1 atom stereocenters. The van der Waals surface area contributed by atoms with E-state index in [1.54, 1.807) is 0 Å². The number of hydrogen-bond donors (Lipinski definition) is 1. The number of hydrogen-bond acceptors (Lipinski definition) is 2. The van der Waals surface area contributed by atoms with Crippen molar-refractivity contribution in [3.8, 4) is 5.75 Å². The van der Waals surface area contributed by atoms with Crippen LogP contribution in [-0.2, 0) is 13.0 Å². The summed E-state index contributed by atoms with van der Waals surface area (Å²) < 4.78 is 20.5. The van der Waals surface area contributed by atoms with Crippen LogP contribution in [0.25, 0.3) is 0 Å². The number of rotatable bonds is 6. The van der Waals surface area contributed by atoms with Crippen molar-refractivity contribution in [2.45, 2.75) is 32.4 Å². The quantitative estimate of drug-likeness (QED) is 0.736. The molecule has 0 spiro atoms. The molecular formula is C17H19FINO. The Morgan fingerprint density at radius 2 is 1.86 bits per heavy atom. The van der Waals surface area contributed by atoms with Crippen LogP contribution < -0.4 is 10.5 Å². The monoisotopic (exact) mass is 399 g/mol. The summed E-state index contributed by atoms with van der Waals surface area (Å²) in [5.41, 5.74) is 7.86. The van der Waals surface area contributed by atoms with E-state index in [4.69, 9.17) is 10.5 Å². The Balaban J connectivity index is 2.04. The first kappa shape index (κ1) is 16.2. The summed E-state index contributed by atoms with van der Waals surface area (Å²) in [7, 11) is 0. The molecule has 0 saturated carbocycles. The first-order valence-corrected chi connectivity index (χ1v) is 8.07. The fraction of sp³-hybridized carbons (Fsp3) is 0.294. The van der Waals surface area contributed by atoms with Crippen LogP contribution in [0.5, 0.6) is 5.75 Å². The van der Waals surface area contributed by atoms with Crippen LogP contribution in [0, 0.1) is 9.39 Å². The molecule has 0 radical (unpaired) electrons. The largest absolute Gasteiger partial charge is 0.489 e. The minimum Gasteiger partial charge on any atom is -0.489 e. The Labute approximate surface area is 138 Å². The summed E-state index contributed by atoms with van der Waals surface area (Å²) in [6.45, 7) is 2.46. The normalized spacial score (nSPS) is 12.2. The van der Waals surface area contributed by atoms with Gasteiger partial charge in [-0.2, -0.15) is 0 Å². The average Bonchev–Trinajstić information content (AvgIpc) is 2.46. The minimum atomic E-state index is -0.284. The Hall–Kier alpha value is -1.14. The molecule has 0 bridgehead atoms. The summed E-state index contributed by atoms with van der Waals surface area (Å²) in [4.78, 5) is 0. The van der Waals surface area contributed by atoms with Crippen molar-refractivity contribution in [3.63, 3.8) is 0 Å². The Morgan fingerprint density at radius 1 is 1.14 bits per heavy atom. The van der Waals surface area contributed by atoms with Crippen LogP contribution in [0.15, 0.2) is 42.5 Å². The maximum Gasteiger partial charge on any atom is 0.127 e. The summed E-state index contributed by atoms with van der Waals surface area (Å²) in [5.74, 6) is 0.264. The van der Waals surface area contributed by atoms with Crippen molar-refractivity contribution < 1.29 is 9.13 Å². The zero-order valence-electron chi connectivity index (χ0n) is 12.0. The van der Waals surface area contributed by atoms with Crippen molar-refractivity contribution in [1.29, 1.82) is 0 Å². The van der Waals surface area contributed by atoms with Crippen molar-refractivity contribution in [1.82, 2.24) is 0 Å². The maximum atomic E-state index is 13.6. The van der Waals surface area contributed by atoms with Crippen LogP contribution in [0.1, 0.15) is 24.5 Å². The van der Waals surface area contributed by atoms with E-state index in [1.165, 1.54) is 15.7 Å². The first-order chi connectivity index (χ1) is 10.1. The fourth-order valence-electron chi connectivity index (χ4n) is 2.02. The van der Waals surface area contributed by atoms with Gasteiger partial charge >= 0.3 is 0 Å². The number of nitrogens with two attached hydrogens (primary N) is 1. The van der Waals surface area contributed by atoms with Gasteiger partial charge in [-0.3, -0.25) is 0 Å². The lowest BCUT2D eigenvalue weighted by atomic mass is 10.0. The van der Waals surface area contributed by atoms with E-state index in [0.29, 0.717) is 18.8 Å². The molecule has 0 aliphatic rings. The topological polar surface area (TPSA) is 35.2 Å². The molecule has 2 aromatic rings. The van der Waals surface area contributed by atoms with E-state index in [2.05, 4.69) is 22.6 Å². The molecule has 4 heteroatoms.